The zero-order chi connectivity index (χ0) is 30.5. The van der Waals surface area contributed by atoms with Gasteiger partial charge in [0.25, 0.3) is 0 Å². The standard InChI is InChI=1S/C27H30O15/c1-9-18(32)21(35)25(42-26-22(36)19(33)14(31)8-38-26)27(39-9)41-24-20(34)17-13(30)6-11(28)7-16(17)40-23(24)10-3-4-12(29)15(5-10)37-2/h3-7,9,14,18-19,21-22,25-33,35-36H,8H2,1-2H3/t9-,14-,18-,19-,21+,22+,25+,26-,27-/m0/s1. The maximum atomic E-state index is 13.8. The Morgan fingerprint density at radius 3 is 2.33 bits per heavy atom. The Balaban J connectivity index is 1.61. The largest absolute Gasteiger partial charge is 0.508 e. The molecule has 2 aliphatic heterocycles. The molecule has 42 heavy (non-hydrogen) atoms. The van der Waals surface area contributed by atoms with Crippen LogP contribution in [0.15, 0.2) is 39.5 Å². The summed E-state index contributed by atoms with van der Waals surface area (Å²) in [6, 6.07) is 5.96. The first-order valence-corrected chi connectivity index (χ1v) is 12.8. The number of fused-ring (bicyclic) bond motifs is 1. The number of methoxy groups -OCH3 is 1. The second kappa shape index (κ2) is 11.5. The van der Waals surface area contributed by atoms with Crippen molar-refractivity contribution in [1.82, 2.24) is 0 Å². The van der Waals surface area contributed by atoms with Crippen molar-refractivity contribution >= 4 is 11.0 Å². The average molecular weight is 595 g/mol. The van der Waals surface area contributed by atoms with Gasteiger partial charge in [-0.2, -0.15) is 0 Å². The van der Waals surface area contributed by atoms with Gasteiger partial charge in [0, 0.05) is 17.7 Å². The summed E-state index contributed by atoms with van der Waals surface area (Å²) in [6.07, 6.45) is -14.1. The molecule has 0 spiro atoms. The van der Waals surface area contributed by atoms with Gasteiger partial charge >= 0.3 is 0 Å². The van der Waals surface area contributed by atoms with E-state index in [0.717, 1.165) is 12.1 Å². The first kappa shape index (κ1) is 29.8. The van der Waals surface area contributed by atoms with Crippen LogP contribution in [-0.2, 0) is 14.2 Å². The molecular formula is C27H30O15. The molecule has 1 aromatic heterocycles. The minimum atomic E-state index is -1.77. The average Bonchev–Trinajstić information content (AvgIpc) is 2.95. The van der Waals surface area contributed by atoms with Crippen LogP contribution >= 0.6 is 0 Å². The van der Waals surface area contributed by atoms with Crippen LogP contribution in [0.2, 0.25) is 0 Å². The van der Waals surface area contributed by atoms with Gasteiger partial charge in [0.2, 0.25) is 17.5 Å². The number of rotatable bonds is 6. The molecule has 9 atom stereocenters. The monoisotopic (exact) mass is 594 g/mol. The number of phenolic OH excluding ortho intramolecular Hbond substituents is 3. The van der Waals surface area contributed by atoms with Gasteiger partial charge in [-0.3, -0.25) is 4.79 Å². The molecule has 0 saturated carbocycles. The van der Waals surface area contributed by atoms with E-state index < -0.39 is 84.6 Å². The molecule has 15 nitrogen and oxygen atoms in total. The lowest BCUT2D eigenvalue weighted by Crippen LogP contribution is -2.62. The van der Waals surface area contributed by atoms with Gasteiger partial charge in [-0.1, -0.05) is 0 Å². The first-order chi connectivity index (χ1) is 19.9. The number of hydrogen-bond acceptors (Lipinski definition) is 15. The molecule has 2 saturated heterocycles. The van der Waals surface area contributed by atoms with Gasteiger partial charge in [0.1, 0.15) is 53.0 Å². The summed E-state index contributed by atoms with van der Waals surface area (Å²) >= 11 is 0. The Bertz CT molecular complexity index is 1510. The summed E-state index contributed by atoms with van der Waals surface area (Å²) in [5.74, 6) is -2.09. The van der Waals surface area contributed by atoms with E-state index in [1.165, 1.54) is 32.2 Å². The van der Waals surface area contributed by atoms with E-state index in [4.69, 9.17) is 28.1 Å². The number of aliphatic hydroxyl groups excluding tert-OH is 5. The van der Waals surface area contributed by atoms with Crippen LogP contribution in [0.1, 0.15) is 6.92 Å². The van der Waals surface area contributed by atoms with Crippen LogP contribution in [0, 0.1) is 0 Å². The van der Waals surface area contributed by atoms with Gasteiger partial charge in [-0.05, 0) is 25.1 Å². The van der Waals surface area contributed by atoms with Crippen molar-refractivity contribution in [2.45, 2.75) is 62.2 Å². The Kier molecular flexibility index (Phi) is 8.19. The van der Waals surface area contributed by atoms with Crippen LogP contribution in [0.3, 0.4) is 0 Å². The van der Waals surface area contributed by atoms with E-state index in [0.29, 0.717) is 0 Å². The van der Waals surface area contributed by atoms with Crippen molar-refractivity contribution < 1.29 is 69.0 Å². The lowest BCUT2D eigenvalue weighted by molar-refractivity contribution is -0.341. The molecule has 5 rings (SSSR count). The molecule has 0 bridgehead atoms. The number of phenols is 3. The molecule has 3 heterocycles. The molecule has 15 heteroatoms. The van der Waals surface area contributed by atoms with Gasteiger partial charge in [0.05, 0.1) is 19.8 Å². The minimum absolute atomic E-state index is 0.00595. The molecule has 2 fully saturated rings. The minimum Gasteiger partial charge on any atom is -0.508 e. The Hall–Kier alpha value is -3.67. The summed E-state index contributed by atoms with van der Waals surface area (Å²) in [5, 5.41) is 81.7. The summed E-state index contributed by atoms with van der Waals surface area (Å²) in [5.41, 5.74) is -1.01. The van der Waals surface area contributed by atoms with Gasteiger partial charge in [-0.15, -0.1) is 0 Å². The Morgan fingerprint density at radius 1 is 0.881 bits per heavy atom. The molecule has 0 aliphatic carbocycles. The summed E-state index contributed by atoms with van der Waals surface area (Å²) in [4.78, 5) is 13.8. The normalized spacial score (nSPS) is 31.6. The van der Waals surface area contributed by atoms with Crippen molar-refractivity contribution in [3.05, 3.63) is 40.6 Å². The van der Waals surface area contributed by atoms with Crippen molar-refractivity contribution in [3.8, 4) is 40.1 Å². The number of aromatic hydroxyl groups is 3. The zero-order valence-electron chi connectivity index (χ0n) is 22.2. The van der Waals surface area contributed by atoms with E-state index >= 15 is 0 Å². The number of hydrogen-bond donors (Lipinski definition) is 8. The fraction of sp³-hybridized carbons (Fsp3) is 0.444. The smallest absolute Gasteiger partial charge is 0.239 e. The van der Waals surface area contributed by atoms with Crippen molar-refractivity contribution in [3.63, 3.8) is 0 Å². The third-order valence-electron chi connectivity index (χ3n) is 7.12. The third-order valence-corrected chi connectivity index (χ3v) is 7.12. The molecule has 0 amide bonds. The van der Waals surface area contributed by atoms with Crippen LogP contribution in [0.5, 0.6) is 28.7 Å². The fourth-order valence-electron chi connectivity index (χ4n) is 4.80. The molecule has 2 aromatic carbocycles. The van der Waals surface area contributed by atoms with Crippen molar-refractivity contribution in [2.75, 3.05) is 13.7 Å². The van der Waals surface area contributed by atoms with E-state index in [9.17, 15) is 45.6 Å². The number of aliphatic hydroxyl groups is 5. The van der Waals surface area contributed by atoms with Crippen LogP contribution in [0.4, 0.5) is 0 Å². The maximum absolute atomic E-state index is 13.8. The SMILES string of the molecule is COc1cc(-c2oc3cc(O)cc(O)c3c(=O)c2O[C@@H]2O[C@@H](C)[C@H](O)[C@@H](O)[C@H]2O[C@@H]2OC[C@H](O)[C@H](O)[C@H]2O)ccc1O. The van der Waals surface area contributed by atoms with Crippen LogP contribution in [0.25, 0.3) is 22.3 Å². The summed E-state index contributed by atoms with van der Waals surface area (Å²) in [7, 11) is 1.30. The topological polar surface area (TPSA) is 238 Å². The number of ether oxygens (including phenoxy) is 5. The molecule has 3 aromatic rings. The predicted octanol–water partition coefficient (Wildman–Crippen LogP) is -0.745. The summed E-state index contributed by atoms with van der Waals surface area (Å²) in [6.45, 7) is 0.986. The lowest BCUT2D eigenvalue weighted by Gasteiger charge is -2.44. The molecule has 8 N–H and O–H groups in total. The van der Waals surface area contributed by atoms with Crippen molar-refractivity contribution in [2.24, 2.45) is 0 Å². The molecular weight excluding hydrogens is 564 g/mol. The quantitative estimate of drug-likeness (QED) is 0.175. The molecule has 2 aliphatic rings. The van der Waals surface area contributed by atoms with Gasteiger partial charge in [-0.25, -0.2) is 0 Å². The highest BCUT2D eigenvalue weighted by Crippen LogP contribution is 2.40. The maximum Gasteiger partial charge on any atom is 0.239 e. The second-order valence-corrected chi connectivity index (χ2v) is 9.97. The first-order valence-electron chi connectivity index (χ1n) is 12.8. The van der Waals surface area contributed by atoms with Crippen LogP contribution in [-0.4, -0.2) is 110 Å². The molecule has 0 radical (unpaired) electrons. The highest BCUT2D eigenvalue weighted by atomic mass is 16.8. The van der Waals surface area contributed by atoms with E-state index in [2.05, 4.69) is 0 Å². The van der Waals surface area contributed by atoms with Gasteiger partial charge in [0.15, 0.2) is 29.7 Å². The lowest BCUT2D eigenvalue weighted by atomic mass is 9.99. The highest BCUT2D eigenvalue weighted by molar-refractivity contribution is 5.88. The molecule has 0 unspecified atom stereocenters. The van der Waals surface area contributed by atoms with Crippen LogP contribution < -0.4 is 14.9 Å². The fourth-order valence-corrected chi connectivity index (χ4v) is 4.80. The highest BCUT2D eigenvalue weighted by Gasteiger charge is 2.49. The predicted molar refractivity (Wildman–Crippen MR) is 139 cm³/mol. The Labute approximate surface area is 236 Å². The molecule has 228 valence electrons. The summed E-state index contributed by atoms with van der Waals surface area (Å²) < 4.78 is 33.6. The van der Waals surface area contributed by atoms with Gasteiger partial charge < -0.3 is 69.0 Å². The van der Waals surface area contributed by atoms with E-state index in [1.807, 2.05) is 0 Å². The number of benzene rings is 2. The third kappa shape index (κ3) is 5.32. The Morgan fingerprint density at radius 2 is 1.62 bits per heavy atom. The van der Waals surface area contributed by atoms with Crippen molar-refractivity contribution in [1.29, 1.82) is 0 Å². The zero-order valence-corrected chi connectivity index (χ0v) is 22.2. The van der Waals surface area contributed by atoms with E-state index in [-0.39, 0.29) is 33.8 Å². The second-order valence-electron chi connectivity index (χ2n) is 9.97. The van der Waals surface area contributed by atoms with E-state index in [1.54, 1.807) is 0 Å².